The van der Waals surface area contributed by atoms with Crippen LogP contribution in [0, 0.1) is 0 Å². The Balaban J connectivity index is 1.54. The number of aliphatic hydroxyl groups is 1. The number of amides is 3. The average molecular weight is 420 g/mol. The van der Waals surface area contributed by atoms with Crippen LogP contribution in [-0.2, 0) is 4.79 Å². The number of aromatic nitrogens is 4. The Morgan fingerprint density at radius 2 is 2.00 bits per heavy atom. The first-order chi connectivity index (χ1) is 15.1. The molecule has 0 spiro atoms. The molecule has 1 aromatic carbocycles. The van der Waals surface area contributed by atoms with Gasteiger partial charge in [0.05, 0.1) is 18.8 Å². The number of aliphatic hydroxyl groups excluding tert-OH is 1. The molecule has 2 aliphatic rings. The van der Waals surface area contributed by atoms with Gasteiger partial charge in [0.2, 0.25) is 11.9 Å². The molecule has 0 radical (unpaired) electrons. The molecule has 11 heteroatoms. The zero-order valence-electron chi connectivity index (χ0n) is 16.4. The summed E-state index contributed by atoms with van der Waals surface area (Å²) in [7, 11) is 0. The molecule has 31 heavy (non-hydrogen) atoms. The van der Waals surface area contributed by atoms with E-state index < -0.39 is 18.0 Å². The van der Waals surface area contributed by atoms with Crippen LogP contribution in [0.25, 0.3) is 11.7 Å². The van der Waals surface area contributed by atoms with Gasteiger partial charge >= 0.3 is 6.03 Å². The highest BCUT2D eigenvalue weighted by atomic mass is 16.3. The fourth-order valence-corrected chi connectivity index (χ4v) is 3.28. The van der Waals surface area contributed by atoms with Crippen molar-refractivity contribution in [3.63, 3.8) is 0 Å². The van der Waals surface area contributed by atoms with E-state index in [1.807, 2.05) is 30.3 Å². The first-order valence-corrected chi connectivity index (χ1v) is 9.89. The third kappa shape index (κ3) is 3.90. The van der Waals surface area contributed by atoms with Gasteiger partial charge in [0.15, 0.2) is 5.65 Å². The van der Waals surface area contributed by atoms with Crippen LogP contribution in [0.4, 0.5) is 16.7 Å². The molecule has 1 saturated carbocycles. The number of nitrogens with one attached hydrogen (secondary N) is 4. The highest BCUT2D eigenvalue weighted by Crippen LogP contribution is 2.26. The number of rotatable bonds is 7. The zero-order valence-corrected chi connectivity index (χ0v) is 16.4. The van der Waals surface area contributed by atoms with Crippen molar-refractivity contribution < 1.29 is 14.7 Å². The molecular formula is C20H20N8O3. The van der Waals surface area contributed by atoms with Crippen molar-refractivity contribution >= 4 is 35.6 Å². The molecule has 11 nitrogen and oxygen atoms in total. The molecular weight excluding hydrogens is 400 g/mol. The van der Waals surface area contributed by atoms with Crippen LogP contribution in [0.3, 0.4) is 0 Å². The monoisotopic (exact) mass is 420 g/mol. The predicted octanol–water partition coefficient (Wildman–Crippen LogP) is 1.02. The molecule has 3 aromatic rings. The summed E-state index contributed by atoms with van der Waals surface area (Å²) >= 11 is 0. The number of hydrogen-bond acceptors (Lipinski definition) is 8. The van der Waals surface area contributed by atoms with Gasteiger partial charge in [0.25, 0.3) is 5.91 Å². The van der Waals surface area contributed by atoms with Crippen LogP contribution in [0.2, 0.25) is 0 Å². The molecule has 1 saturated heterocycles. The van der Waals surface area contributed by atoms with E-state index in [1.54, 1.807) is 10.7 Å². The number of benzene rings is 1. The van der Waals surface area contributed by atoms with Gasteiger partial charge in [-0.2, -0.15) is 19.6 Å². The average Bonchev–Trinajstić information content (AvgIpc) is 3.41. The van der Waals surface area contributed by atoms with Crippen molar-refractivity contribution in [1.82, 2.24) is 30.2 Å². The van der Waals surface area contributed by atoms with E-state index >= 15 is 0 Å². The molecule has 1 atom stereocenters. The molecule has 1 aliphatic carbocycles. The molecule has 3 amide bonds. The Hall–Kier alpha value is -3.99. The Morgan fingerprint density at radius 3 is 2.68 bits per heavy atom. The van der Waals surface area contributed by atoms with Crippen molar-refractivity contribution in [3.8, 4) is 0 Å². The van der Waals surface area contributed by atoms with Crippen molar-refractivity contribution in [2.24, 2.45) is 0 Å². The van der Waals surface area contributed by atoms with E-state index in [1.165, 1.54) is 6.08 Å². The predicted molar refractivity (Wildman–Crippen MR) is 112 cm³/mol. The van der Waals surface area contributed by atoms with Gasteiger partial charge in [0.1, 0.15) is 5.70 Å². The summed E-state index contributed by atoms with van der Waals surface area (Å²) in [6.45, 7) is -0.147. The standard InChI is InChI=1S/C20H20N8O3/c29-10-15(11-4-2-1-3-5-11)23-18-25-16-12(8-14-17(30)26-20(31)24-14)9-21-28(16)19(27-18)22-13-6-7-13/h1-5,8-9,13,15,29H,6-7,10H2,(H2,22,23,25,27)(H2,24,26,30,31)/b14-8-/t15-/m1/s1. The molecule has 2 fully saturated rings. The van der Waals surface area contributed by atoms with Gasteiger partial charge in [-0.15, -0.1) is 0 Å². The smallest absolute Gasteiger partial charge is 0.326 e. The van der Waals surface area contributed by atoms with E-state index in [9.17, 15) is 14.7 Å². The fourth-order valence-electron chi connectivity index (χ4n) is 3.28. The van der Waals surface area contributed by atoms with Crippen LogP contribution in [0.5, 0.6) is 0 Å². The molecule has 3 heterocycles. The van der Waals surface area contributed by atoms with Crippen LogP contribution in [-0.4, -0.2) is 49.3 Å². The second kappa shape index (κ2) is 7.69. The summed E-state index contributed by atoms with van der Waals surface area (Å²) < 4.78 is 1.56. The Kier molecular flexibility index (Phi) is 4.71. The summed E-state index contributed by atoms with van der Waals surface area (Å²) in [4.78, 5) is 32.4. The van der Waals surface area contributed by atoms with E-state index in [0.717, 1.165) is 18.4 Å². The molecule has 1 aliphatic heterocycles. The first-order valence-electron chi connectivity index (χ1n) is 9.89. The molecule has 5 rings (SSSR count). The number of hydrogen-bond donors (Lipinski definition) is 5. The van der Waals surface area contributed by atoms with E-state index in [-0.39, 0.29) is 12.3 Å². The van der Waals surface area contributed by atoms with Gasteiger partial charge in [0, 0.05) is 11.6 Å². The Bertz CT molecular complexity index is 1190. The largest absolute Gasteiger partial charge is 0.394 e. The minimum absolute atomic E-state index is 0.113. The minimum atomic E-state index is -0.575. The highest BCUT2D eigenvalue weighted by Gasteiger charge is 2.26. The zero-order chi connectivity index (χ0) is 21.4. The summed E-state index contributed by atoms with van der Waals surface area (Å²) in [6.07, 6.45) is 5.15. The second-order valence-corrected chi connectivity index (χ2v) is 7.38. The maximum atomic E-state index is 11.9. The van der Waals surface area contributed by atoms with Crippen molar-refractivity contribution in [2.75, 3.05) is 17.2 Å². The first kappa shape index (κ1) is 19.0. The third-order valence-corrected chi connectivity index (χ3v) is 5.01. The number of nitrogens with zero attached hydrogens (tertiary/aromatic N) is 4. The lowest BCUT2D eigenvalue weighted by Crippen LogP contribution is -2.22. The number of carbonyl (C=O) groups excluding carboxylic acids is 2. The number of imide groups is 1. The van der Waals surface area contributed by atoms with Gasteiger partial charge in [-0.3, -0.25) is 10.1 Å². The van der Waals surface area contributed by atoms with Crippen LogP contribution < -0.4 is 21.3 Å². The maximum absolute atomic E-state index is 11.9. The molecule has 0 unspecified atom stereocenters. The molecule has 158 valence electrons. The van der Waals surface area contributed by atoms with Crippen LogP contribution >= 0.6 is 0 Å². The van der Waals surface area contributed by atoms with E-state index in [4.69, 9.17) is 0 Å². The topological polar surface area (TPSA) is 146 Å². The molecule has 0 bridgehead atoms. The molecule has 5 N–H and O–H groups in total. The SMILES string of the molecule is O=C1NC(=O)/C(=C/c2cnn3c(NC4CC4)nc(N[C@H](CO)c4ccccc4)nc23)N1. The van der Waals surface area contributed by atoms with Gasteiger partial charge in [-0.05, 0) is 24.5 Å². The van der Waals surface area contributed by atoms with Crippen molar-refractivity contribution in [2.45, 2.75) is 24.9 Å². The quantitative estimate of drug-likeness (QED) is 0.281. The highest BCUT2D eigenvalue weighted by molar-refractivity contribution is 6.14. The van der Waals surface area contributed by atoms with Crippen molar-refractivity contribution in [1.29, 1.82) is 0 Å². The summed E-state index contributed by atoms with van der Waals surface area (Å²) in [5.74, 6) is 0.292. The normalized spacial score (nSPS) is 18.2. The Labute approximate surface area is 176 Å². The lowest BCUT2D eigenvalue weighted by molar-refractivity contribution is -0.115. The van der Waals surface area contributed by atoms with Crippen LogP contribution in [0.1, 0.15) is 30.0 Å². The molecule has 2 aromatic heterocycles. The van der Waals surface area contributed by atoms with Gasteiger partial charge in [-0.1, -0.05) is 30.3 Å². The van der Waals surface area contributed by atoms with Gasteiger partial charge in [-0.25, -0.2) is 4.79 Å². The number of fused-ring (bicyclic) bond motifs is 1. The summed E-state index contributed by atoms with van der Waals surface area (Å²) in [6, 6.07) is 8.86. The summed E-state index contributed by atoms with van der Waals surface area (Å²) in [5.41, 5.74) is 2.00. The van der Waals surface area contributed by atoms with E-state index in [0.29, 0.717) is 29.1 Å². The maximum Gasteiger partial charge on any atom is 0.326 e. The lowest BCUT2D eigenvalue weighted by atomic mass is 10.1. The number of urea groups is 1. The number of carbonyl (C=O) groups is 2. The third-order valence-electron chi connectivity index (χ3n) is 5.01. The van der Waals surface area contributed by atoms with Crippen LogP contribution in [0.15, 0.2) is 42.2 Å². The van der Waals surface area contributed by atoms with Crippen molar-refractivity contribution in [3.05, 3.63) is 53.4 Å². The fraction of sp³-hybridized carbons (Fsp3) is 0.250. The lowest BCUT2D eigenvalue weighted by Gasteiger charge is -2.17. The minimum Gasteiger partial charge on any atom is -0.394 e. The number of anilines is 2. The summed E-state index contributed by atoms with van der Waals surface area (Å²) in [5, 5.41) is 25.4. The second-order valence-electron chi connectivity index (χ2n) is 7.38. The van der Waals surface area contributed by atoms with Gasteiger partial charge < -0.3 is 21.1 Å². The van der Waals surface area contributed by atoms with E-state index in [2.05, 4.69) is 36.3 Å². The Morgan fingerprint density at radius 1 is 1.19 bits per heavy atom.